The van der Waals surface area contributed by atoms with Gasteiger partial charge in [0.05, 0.1) is 10.8 Å². The molecule has 174 valence electrons. The zero-order chi connectivity index (χ0) is 23.4. The van der Waals surface area contributed by atoms with Crippen LogP contribution >= 0.6 is 0 Å². The lowest BCUT2D eigenvalue weighted by molar-refractivity contribution is -0.384. The van der Waals surface area contributed by atoms with Crippen molar-refractivity contribution in [3.05, 3.63) is 64.2 Å². The van der Waals surface area contributed by atoms with Gasteiger partial charge in [-0.25, -0.2) is 0 Å². The topological polar surface area (TPSA) is 95.8 Å². The van der Waals surface area contributed by atoms with Gasteiger partial charge in [0, 0.05) is 43.5 Å². The molecule has 2 aromatic carbocycles. The number of hydrogen-bond acceptors (Lipinski definition) is 5. The Kier molecular flexibility index (Phi) is 6.91. The van der Waals surface area contributed by atoms with Gasteiger partial charge in [0.15, 0.2) is 0 Å². The van der Waals surface area contributed by atoms with E-state index >= 15 is 0 Å². The number of amides is 2. The number of nitro groups is 1. The molecule has 2 saturated heterocycles. The number of nitro benzene ring substituents is 1. The van der Waals surface area contributed by atoms with Crippen molar-refractivity contribution in [2.75, 3.05) is 36.4 Å². The maximum absolute atomic E-state index is 13.2. The molecular formula is C25H30N4O4. The van der Waals surface area contributed by atoms with Gasteiger partial charge in [-0.3, -0.25) is 19.7 Å². The molecule has 0 spiro atoms. The van der Waals surface area contributed by atoms with E-state index in [1.165, 1.54) is 6.07 Å². The first-order chi connectivity index (χ1) is 15.9. The van der Waals surface area contributed by atoms with E-state index < -0.39 is 4.92 Å². The predicted octanol–water partition coefficient (Wildman–Crippen LogP) is 4.32. The molecule has 2 amide bonds. The fraction of sp³-hybridized carbons (Fsp3) is 0.440. The lowest BCUT2D eigenvalue weighted by Crippen LogP contribution is -2.43. The third kappa shape index (κ3) is 5.32. The Bertz CT molecular complexity index is 1020. The third-order valence-electron chi connectivity index (χ3n) is 6.66. The Labute approximate surface area is 193 Å². The zero-order valence-electron chi connectivity index (χ0n) is 18.9. The fourth-order valence-electron chi connectivity index (χ4n) is 4.64. The number of piperidine rings is 2. The van der Waals surface area contributed by atoms with Gasteiger partial charge in [0.1, 0.15) is 5.69 Å². The molecule has 4 rings (SSSR count). The van der Waals surface area contributed by atoms with Crippen molar-refractivity contribution in [2.24, 2.45) is 11.8 Å². The van der Waals surface area contributed by atoms with Gasteiger partial charge in [-0.15, -0.1) is 0 Å². The summed E-state index contributed by atoms with van der Waals surface area (Å²) in [7, 11) is 0. The van der Waals surface area contributed by atoms with Crippen molar-refractivity contribution in [3.8, 4) is 0 Å². The van der Waals surface area contributed by atoms with Crippen molar-refractivity contribution in [3.63, 3.8) is 0 Å². The maximum atomic E-state index is 13.2. The van der Waals surface area contributed by atoms with Gasteiger partial charge in [-0.2, -0.15) is 0 Å². The predicted molar refractivity (Wildman–Crippen MR) is 127 cm³/mol. The molecule has 2 fully saturated rings. The SMILES string of the molecule is CC1CCN(c2ccc(C(=O)N3CCCC(C(=O)Nc4ccccc4)C3)cc2[N+](=O)[O-])CC1. The second-order valence-corrected chi connectivity index (χ2v) is 9.08. The molecule has 0 radical (unpaired) electrons. The normalized spacial score (nSPS) is 19.2. The summed E-state index contributed by atoms with van der Waals surface area (Å²) in [5.74, 6) is -0.0757. The molecule has 0 aliphatic carbocycles. The van der Waals surface area contributed by atoms with Gasteiger partial charge < -0.3 is 15.1 Å². The van der Waals surface area contributed by atoms with Crippen LogP contribution in [0.5, 0.6) is 0 Å². The first kappa shape index (κ1) is 22.8. The highest BCUT2D eigenvalue weighted by atomic mass is 16.6. The summed E-state index contributed by atoms with van der Waals surface area (Å²) >= 11 is 0. The summed E-state index contributed by atoms with van der Waals surface area (Å²) in [5, 5.41) is 14.7. The smallest absolute Gasteiger partial charge is 0.293 e. The lowest BCUT2D eigenvalue weighted by Gasteiger charge is -2.33. The Balaban J connectivity index is 1.47. The molecule has 2 aromatic rings. The van der Waals surface area contributed by atoms with Gasteiger partial charge in [-0.05, 0) is 55.9 Å². The zero-order valence-corrected chi connectivity index (χ0v) is 18.9. The van der Waals surface area contributed by atoms with Crippen LogP contribution in [0.4, 0.5) is 17.1 Å². The molecule has 1 unspecified atom stereocenters. The van der Waals surface area contributed by atoms with Gasteiger partial charge in [0.2, 0.25) is 5.91 Å². The van der Waals surface area contributed by atoms with E-state index in [-0.39, 0.29) is 23.4 Å². The molecule has 1 atom stereocenters. The number of carbonyl (C=O) groups excluding carboxylic acids is 2. The average Bonchev–Trinajstić information content (AvgIpc) is 2.84. The second-order valence-electron chi connectivity index (χ2n) is 9.08. The number of rotatable bonds is 5. The van der Waals surface area contributed by atoms with E-state index in [1.54, 1.807) is 17.0 Å². The number of carbonyl (C=O) groups is 2. The van der Waals surface area contributed by atoms with Crippen LogP contribution in [-0.2, 0) is 4.79 Å². The minimum absolute atomic E-state index is 0.0363. The van der Waals surface area contributed by atoms with E-state index in [1.807, 2.05) is 35.2 Å². The highest BCUT2D eigenvalue weighted by Crippen LogP contribution is 2.33. The van der Waals surface area contributed by atoms with Crippen LogP contribution in [0.3, 0.4) is 0 Å². The summed E-state index contributed by atoms with van der Waals surface area (Å²) in [6.07, 6.45) is 3.41. The number of likely N-dealkylation sites (tertiary alicyclic amines) is 1. The van der Waals surface area contributed by atoms with Crippen molar-refractivity contribution < 1.29 is 14.5 Å². The highest BCUT2D eigenvalue weighted by Gasteiger charge is 2.31. The largest absolute Gasteiger partial charge is 0.366 e. The lowest BCUT2D eigenvalue weighted by atomic mass is 9.96. The molecule has 0 saturated carbocycles. The summed E-state index contributed by atoms with van der Waals surface area (Å²) < 4.78 is 0. The molecule has 33 heavy (non-hydrogen) atoms. The summed E-state index contributed by atoms with van der Waals surface area (Å²) in [6.45, 7) is 4.59. The quantitative estimate of drug-likeness (QED) is 0.541. The molecular weight excluding hydrogens is 420 g/mol. The Hall–Kier alpha value is -3.42. The molecule has 2 aliphatic rings. The van der Waals surface area contributed by atoms with Crippen molar-refractivity contribution in [1.82, 2.24) is 4.90 Å². The molecule has 8 nitrogen and oxygen atoms in total. The Morgan fingerprint density at radius 2 is 1.76 bits per heavy atom. The van der Waals surface area contributed by atoms with E-state index in [0.29, 0.717) is 43.1 Å². The van der Waals surface area contributed by atoms with Crippen LogP contribution in [0, 0.1) is 22.0 Å². The highest BCUT2D eigenvalue weighted by molar-refractivity contribution is 5.97. The van der Waals surface area contributed by atoms with E-state index in [0.717, 1.165) is 31.6 Å². The van der Waals surface area contributed by atoms with Crippen LogP contribution in [0.1, 0.15) is 43.0 Å². The van der Waals surface area contributed by atoms with E-state index in [9.17, 15) is 19.7 Å². The first-order valence-corrected chi connectivity index (χ1v) is 11.6. The van der Waals surface area contributed by atoms with Gasteiger partial charge >= 0.3 is 0 Å². The molecule has 8 heteroatoms. The summed E-state index contributed by atoms with van der Waals surface area (Å²) in [4.78, 5) is 41.0. The summed E-state index contributed by atoms with van der Waals surface area (Å²) in [6, 6.07) is 14.0. The van der Waals surface area contributed by atoms with Gasteiger partial charge in [0.25, 0.3) is 11.6 Å². The Morgan fingerprint density at radius 1 is 1.03 bits per heavy atom. The number of nitrogens with one attached hydrogen (secondary N) is 1. The van der Waals surface area contributed by atoms with Crippen LogP contribution in [0.15, 0.2) is 48.5 Å². The third-order valence-corrected chi connectivity index (χ3v) is 6.66. The van der Waals surface area contributed by atoms with Crippen molar-refractivity contribution in [1.29, 1.82) is 0 Å². The number of anilines is 2. The van der Waals surface area contributed by atoms with Crippen molar-refractivity contribution in [2.45, 2.75) is 32.6 Å². The second kappa shape index (κ2) is 10.0. The Morgan fingerprint density at radius 3 is 2.45 bits per heavy atom. The first-order valence-electron chi connectivity index (χ1n) is 11.6. The molecule has 0 aromatic heterocycles. The van der Waals surface area contributed by atoms with E-state index in [4.69, 9.17) is 0 Å². The van der Waals surface area contributed by atoms with Crippen LogP contribution < -0.4 is 10.2 Å². The number of benzene rings is 2. The maximum Gasteiger partial charge on any atom is 0.293 e. The minimum Gasteiger partial charge on any atom is -0.366 e. The van der Waals surface area contributed by atoms with Crippen LogP contribution in [0.2, 0.25) is 0 Å². The molecule has 1 N–H and O–H groups in total. The minimum atomic E-state index is -0.406. The van der Waals surface area contributed by atoms with Gasteiger partial charge in [-0.1, -0.05) is 25.1 Å². The summed E-state index contributed by atoms with van der Waals surface area (Å²) in [5.41, 5.74) is 1.55. The number of hydrogen-bond donors (Lipinski definition) is 1. The van der Waals surface area contributed by atoms with Crippen LogP contribution in [-0.4, -0.2) is 47.8 Å². The average molecular weight is 451 g/mol. The monoisotopic (exact) mass is 450 g/mol. The van der Waals surface area contributed by atoms with Crippen LogP contribution in [0.25, 0.3) is 0 Å². The molecule has 2 aliphatic heterocycles. The molecule has 2 heterocycles. The van der Waals surface area contributed by atoms with E-state index in [2.05, 4.69) is 12.2 Å². The molecule has 0 bridgehead atoms. The standard InChI is InChI=1S/C25H30N4O4/c1-18-11-14-27(15-12-18)22-10-9-19(16-23(22)29(32)33)25(31)28-13-5-6-20(17-28)24(30)26-21-7-3-2-4-8-21/h2-4,7-10,16,18,20H,5-6,11-15,17H2,1H3,(H,26,30). The van der Waals surface area contributed by atoms with Crippen molar-refractivity contribution >= 4 is 28.9 Å². The fourth-order valence-corrected chi connectivity index (χ4v) is 4.64. The number of para-hydroxylation sites is 1. The number of nitrogens with zero attached hydrogens (tertiary/aromatic N) is 3.